The molecule has 1 amide bonds. The van der Waals surface area contributed by atoms with E-state index in [0.29, 0.717) is 11.4 Å². The molecule has 1 heterocycles. The molecule has 0 aromatic heterocycles. The van der Waals surface area contributed by atoms with Gasteiger partial charge in [-0.3, -0.25) is 9.69 Å². The largest absolute Gasteiger partial charge is 0.493 e. The van der Waals surface area contributed by atoms with Crippen LogP contribution in [0.3, 0.4) is 0 Å². The Balaban J connectivity index is 2.05. The van der Waals surface area contributed by atoms with Crippen LogP contribution in [0.5, 0.6) is 5.75 Å². The maximum atomic E-state index is 11.7. The molecular weight excluding hydrogens is 286 g/mol. The Morgan fingerprint density at radius 3 is 2.41 bits per heavy atom. The van der Waals surface area contributed by atoms with E-state index in [1.807, 2.05) is 13.8 Å². The van der Waals surface area contributed by atoms with Gasteiger partial charge in [0.15, 0.2) is 0 Å². The van der Waals surface area contributed by atoms with Crippen molar-refractivity contribution in [3.05, 3.63) is 24.3 Å². The van der Waals surface area contributed by atoms with Gasteiger partial charge in [-0.05, 0) is 52.0 Å². The second kappa shape index (κ2) is 5.96. The second-order valence-corrected chi connectivity index (χ2v) is 6.11. The first-order chi connectivity index (χ1) is 10.2. The topological polar surface area (TPSA) is 76.1 Å². The number of cyclic esters (lactones) is 1. The Hall–Kier alpha value is -2.08. The van der Waals surface area contributed by atoms with Gasteiger partial charge < -0.3 is 14.6 Å². The summed E-state index contributed by atoms with van der Waals surface area (Å²) in [6.07, 6.45) is -1.70. The SMILES string of the molecule is CC(=O)C(C)(C)COc1ccc(N2C(=O)O[C@@H](O)C2C)cc1. The molecule has 0 saturated carbocycles. The average molecular weight is 307 g/mol. The zero-order valence-corrected chi connectivity index (χ0v) is 13.2. The quantitative estimate of drug-likeness (QED) is 0.903. The number of carbonyl (C=O) groups is 2. The number of hydrogen-bond acceptors (Lipinski definition) is 5. The van der Waals surface area contributed by atoms with E-state index in [2.05, 4.69) is 0 Å². The van der Waals surface area contributed by atoms with Gasteiger partial charge in [0, 0.05) is 5.69 Å². The van der Waals surface area contributed by atoms with Gasteiger partial charge in [-0.25, -0.2) is 4.79 Å². The van der Waals surface area contributed by atoms with Crippen LogP contribution in [0.2, 0.25) is 0 Å². The van der Waals surface area contributed by atoms with E-state index < -0.39 is 23.8 Å². The molecule has 22 heavy (non-hydrogen) atoms. The molecule has 1 saturated heterocycles. The Labute approximate surface area is 129 Å². The van der Waals surface area contributed by atoms with Crippen LogP contribution in [0.4, 0.5) is 10.5 Å². The number of rotatable bonds is 5. The van der Waals surface area contributed by atoms with Gasteiger partial charge >= 0.3 is 6.09 Å². The highest BCUT2D eigenvalue weighted by atomic mass is 16.7. The van der Waals surface area contributed by atoms with Crippen molar-refractivity contribution in [1.29, 1.82) is 0 Å². The van der Waals surface area contributed by atoms with E-state index in [9.17, 15) is 14.7 Å². The van der Waals surface area contributed by atoms with Crippen molar-refractivity contribution < 1.29 is 24.2 Å². The molecule has 1 aliphatic rings. The summed E-state index contributed by atoms with van der Waals surface area (Å²) >= 11 is 0. The molecule has 120 valence electrons. The first-order valence-corrected chi connectivity index (χ1v) is 7.14. The van der Waals surface area contributed by atoms with Crippen molar-refractivity contribution in [3.8, 4) is 5.75 Å². The predicted molar refractivity (Wildman–Crippen MR) is 80.8 cm³/mol. The maximum absolute atomic E-state index is 11.7. The second-order valence-electron chi connectivity index (χ2n) is 6.11. The molecule has 1 fully saturated rings. The third-order valence-electron chi connectivity index (χ3n) is 3.91. The van der Waals surface area contributed by atoms with Crippen LogP contribution in [-0.2, 0) is 9.53 Å². The number of anilines is 1. The fraction of sp³-hybridized carbons (Fsp3) is 0.500. The zero-order valence-electron chi connectivity index (χ0n) is 13.2. The van der Waals surface area contributed by atoms with Gasteiger partial charge in [-0.2, -0.15) is 0 Å². The summed E-state index contributed by atoms with van der Waals surface area (Å²) < 4.78 is 10.4. The number of hydrogen-bond donors (Lipinski definition) is 1. The van der Waals surface area contributed by atoms with Crippen molar-refractivity contribution in [2.75, 3.05) is 11.5 Å². The van der Waals surface area contributed by atoms with Crippen molar-refractivity contribution in [3.63, 3.8) is 0 Å². The number of benzene rings is 1. The van der Waals surface area contributed by atoms with Gasteiger partial charge in [-0.15, -0.1) is 0 Å². The summed E-state index contributed by atoms with van der Waals surface area (Å²) in [5.74, 6) is 0.672. The molecule has 0 radical (unpaired) electrons. The normalized spacial score (nSPS) is 21.7. The Kier molecular flexibility index (Phi) is 4.42. The van der Waals surface area contributed by atoms with E-state index in [1.54, 1.807) is 31.2 Å². The highest BCUT2D eigenvalue weighted by Crippen LogP contribution is 2.28. The van der Waals surface area contributed by atoms with Gasteiger partial charge in [0.1, 0.15) is 18.1 Å². The number of carbonyl (C=O) groups excluding carboxylic acids is 2. The molecule has 1 aliphatic heterocycles. The van der Waals surface area contributed by atoms with E-state index in [0.717, 1.165) is 0 Å². The number of nitrogens with zero attached hydrogens (tertiary/aromatic N) is 1. The molecule has 0 bridgehead atoms. The van der Waals surface area contributed by atoms with Crippen LogP contribution in [-0.4, -0.2) is 35.9 Å². The lowest BCUT2D eigenvalue weighted by Crippen LogP contribution is -2.33. The van der Waals surface area contributed by atoms with Gasteiger partial charge in [0.2, 0.25) is 6.29 Å². The summed E-state index contributed by atoms with van der Waals surface area (Å²) in [5.41, 5.74) is 0.0722. The summed E-state index contributed by atoms with van der Waals surface area (Å²) in [6, 6.07) is 6.42. The van der Waals surface area contributed by atoms with Crippen LogP contribution < -0.4 is 9.64 Å². The minimum Gasteiger partial charge on any atom is -0.493 e. The van der Waals surface area contributed by atoms with E-state index in [-0.39, 0.29) is 12.4 Å². The molecule has 1 aromatic rings. The number of ether oxygens (including phenoxy) is 2. The van der Waals surface area contributed by atoms with Gasteiger partial charge in [0.25, 0.3) is 0 Å². The molecular formula is C16H21NO5. The Morgan fingerprint density at radius 2 is 1.95 bits per heavy atom. The van der Waals surface area contributed by atoms with Crippen LogP contribution >= 0.6 is 0 Å². The highest BCUT2D eigenvalue weighted by molar-refractivity contribution is 5.90. The highest BCUT2D eigenvalue weighted by Gasteiger charge is 2.38. The van der Waals surface area contributed by atoms with Crippen LogP contribution in [0.15, 0.2) is 24.3 Å². The summed E-state index contributed by atoms with van der Waals surface area (Å²) in [5, 5.41) is 9.54. The third kappa shape index (κ3) is 3.22. The first-order valence-electron chi connectivity index (χ1n) is 7.14. The van der Waals surface area contributed by atoms with E-state index in [4.69, 9.17) is 9.47 Å². The Bertz CT molecular complexity index is 566. The standard InChI is InChI=1S/C16H21NO5/c1-10-14(19)22-15(20)17(10)12-5-7-13(8-6-12)21-9-16(3,4)11(2)18/h5-8,10,14,19H,9H2,1-4H3/t10?,14-/m1/s1. The molecule has 6 nitrogen and oxygen atoms in total. The fourth-order valence-corrected chi connectivity index (χ4v) is 1.96. The summed E-state index contributed by atoms with van der Waals surface area (Å²) in [6.45, 7) is 7.18. The number of aliphatic hydroxyl groups excluding tert-OH is 1. The van der Waals surface area contributed by atoms with Crippen molar-refractivity contribution in [2.45, 2.75) is 40.0 Å². The van der Waals surface area contributed by atoms with Gasteiger partial charge in [0.05, 0.1) is 11.5 Å². The van der Waals surface area contributed by atoms with Crippen LogP contribution in [0.1, 0.15) is 27.7 Å². The Morgan fingerprint density at radius 1 is 1.36 bits per heavy atom. The summed E-state index contributed by atoms with van der Waals surface area (Å²) in [7, 11) is 0. The molecule has 1 N–H and O–H groups in total. The zero-order chi connectivity index (χ0) is 16.5. The maximum Gasteiger partial charge on any atom is 0.417 e. The number of Topliss-reactive ketones (excluding diaryl/α,β-unsaturated/α-hetero) is 1. The van der Waals surface area contributed by atoms with Crippen LogP contribution in [0.25, 0.3) is 0 Å². The summed E-state index contributed by atoms with van der Waals surface area (Å²) in [4.78, 5) is 24.5. The van der Waals surface area contributed by atoms with Gasteiger partial charge in [-0.1, -0.05) is 0 Å². The van der Waals surface area contributed by atoms with Crippen molar-refractivity contribution >= 4 is 17.6 Å². The number of ketones is 1. The number of amides is 1. The van der Waals surface area contributed by atoms with Crippen LogP contribution in [0, 0.1) is 5.41 Å². The fourth-order valence-electron chi connectivity index (χ4n) is 1.96. The molecule has 2 atom stereocenters. The van der Waals surface area contributed by atoms with E-state index >= 15 is 0 Å². The monoisotopic (exact) mass is 307 g/mol. The smallest absolute Gasteiger partial charge is 0.417 e. The first kappa shape index (κ1) is 16.3. The minimum absolute atomic E-state index is 0.0618. The third-order valence-corrected chi connectivity index (χ3v) is 3.91. The van der Waals surface area contributed by atoms with E-state index in [1.165, 1.54) is 11.8 Å². The predicted octanol–water partition coefficient (Wildman–Crippen LogP) is 2.34. The average Bonchev–Trinajstić information content (AvgIpc) is 2.71. The lowest BCUT2D eigenvalue weighted by molar-refractivity contribution is -0.126. The molecule has 0 aliphatic carbocycles. The van der Waals surface area contributed by atoms with Crippen molar-refractivity contribution in [2.24, 2.45) is 5.41 Å². The van der Waals surface area contributed by atoms with Crippen molar-refractivity contribution in [1.82, 2.24) is 0 Å². The molecule has 1 aromatic carbocycles. The molecule has 0 spiro atoms. The molecule has 2 rings (SSSR count). The number of aliphatic hydroxyl groups is 1. The molecule has 1 unspecified atom stereocenters. The lowest BCUT2D eigenvalue weighted by Gasteiger charge is -2.22. The minimum atomic E-state index is -1.13. The lowest BCUT2D eigenvalue weighted by atomic mass is 9.90. The molecule has 6 heteroatoms.